The van der Waals surface area contributed by atoms with Gasteiger partial charge < -0.3 is 19.3 Å². The lowest BCUT2D eigenvalue weighted by molar-refractivity contribution is -0.126. The molecule has 0 spiro atoms. The zero-order valence-electron chi connectivity index (χ0n) is 15.5. The molecule has 6 nitrogen and oxygen atoms in total. The summed E-state index contributed by atoms with van der Waals surface area (Å²) < 4.78 is 11.8. The highest BCUT2D eigenvalue weighted by Crippen LogP contribution is 2.34. The lowest BCUT2D eigenvalue weighted by Crippen LogP contribution is -2.48. The highest BCUT2D eigenvalue weighted by molar-refractivity contribution is 7.22. The van der Waals surface area contributed by atoms with Crippen molar-refractivity contribution in [3.63, 3.8) is 0 Å². The molecule has 2 aliphatic heterocycles. The number of amides is 1. The van der Waals surface area contributed by atoms with Gasteiger partial charge in [0.15, 0.2) is 16.6 Å². The largest absolute Gasteiger partial charge is 0.454 e. The second-order valence-corrected chi connectivity index (χ2v) is 8.26. The van der Waals surface area contributed by atoms with Crippen molar-refractivity contribution in [1.82, 2.24) is 9.88 Å². The van der Waals surface area contributed by atoms with Gasteiger partial charge in [-0.05, 0) is 35.9 Å². The Morgan fingerprint density at radius 3 is 2.76 bits per heavy atom. The topological polar surface area (TPSA) is 54.9 Å². The van der Waals surface area contributed by atoms with E-state index in [1.165, 1.54) is 0 Å². The number of nitrogens with zero attached hydrogens (tertiary/aromatic N) is 3. The van der Waals surface area contributed by atoms with Crippen LogP contribution in [0.25, 0.3) is 16.3 Å². The number of piperazine rings is 1. The van der Waals surface area contributed by atoms with Crippen molar-refractivity contribution in [2.24, 2.45) is 0 Å². The van der Waals surface area contributed by atoms with E-state index >= 15 is 0 Å². The maximum absolute atomic E-state index is 12.6. The van der Waals surface area contributed by atoms with Crippen molar-refractivity contribution in [3.05, 3.63) is 53.1 Å². The van der Waals surface area contributed by atoms with Crippen LogP contribution in [0.3, 0.4) is 0 Å². The third kappa shape index (κ3) is 3.63. The molecule has 0 radical (unpaired) electrons. The Hall–Kier alpha value is -2.77. The fraction of sp³-hybridized carbons (Fsp3) is 0.238. The number of anilines is 1. The minimum Gasteiger partial charge on any atom is -0.454 e. The number of para-hydroxylation sites is 1. The van der Waals surface area contributed by atoms with Gasteiger partial charge >= 0.3 is 0 Å². The van der Waals surface area contributed by atoms with E-state index in [1.807, 2.05) is 47.4 Å². The van der Waals surface area contributed by atoms with Crippen LogP contribution in [0.15, 0.2) is 42.5 Å². The molecule has 2 aromatic carbocycles. The molecule has 0 aliphatic carbocycles. The molecule has 1 aromatic heterocycles. The molecule has 1 saturated heterocycles. The predicted molar refractivity (Wildman–Crippen MR) is 115 cm³/mol. The molecule has 29 heavy (non-hydrogen) atoms. The van der Waals surface area contributed by atoms with E-state index in [9.17, 15) is 4.79 Å². The maximum Gasteiger partial charge on any atom is 0.246 e. The first-order valence-corrected chi connectivity index (χ1v) is 10.5. The van der Waals surface area contributed by atoms with Gasteiger partial charge in [-0.15, -0.1) is 0 Å². The summed E-state index contributed by atoms with van der Waals surface area (Å²) in [5.41, 5.74) is 1.76. The highest BCUT2D eigenvalue weighted by Gasteiger charge is 2.22. The molecule has 0 saturated carbocycles. The number of benzene rings is 2. The van der Waals surface area contributed by atoms with Gasteiger partial charge in [0.25, 0.3) is 0 Å². The van der Waals surface area contributed by atoms with Crippen LogP contribution in [0.1, 0.15) is 5.56 Å². The fourth-order valence-electron chi connectivity index (χ4n) is 3.45. The molecule has 1 fully saturated rings. The Morgan fingerprint density at radius 1 is 1.10 bits per heavy atom. The molecule has 2 aliphatic rings. The Balaban J connectivity index is 1.22. The maximum atomic E-state index is 12.6. The summed E-state index contributed by atoms with van der Waals surface area (Å²) in [6.07, 6.45) is 3.43. The van der Waals surface area contributed by atoms with E-state index in [1.54, 1.807) is 17.4 Å². The van der Waals surface area contributed by atoms with Crippen molar-refractivity contribution in [1.29, 1.82) is 0 Å². The Kier molecular flexibility index (Phi) is 4.77. The van der Waals surface area contributed by atoms with E-state index in [4.69, 9.17) is 21.1 Å². The second kappa shape index (κ2) is 7.57. The first kappa shape index (κ1) is 18.3. The number of ether oxygens (including phenoxy) is 2. The van der Waals surface area contributed by atoms with Crippen molar-refractivity contribution in [3.8, 4) is 11.5 Å². The predicted octanol–water partition coefficient (Wildman–Crippen LogP) is 4.04. The van der Waals surface area contributed by atoms with Crippen molar-refractivity contribution in [2.45, 2.75) is 0 Å². The van der Waals surface area contributed by atoms with Gasteiger partial charge in [0, 0.05) is 32.3 Å². The zero-order valence-corrected chi connectivity index (χ0v) is 17.1. The lowest BCUT2D eigenvalue weighted by Gasteiger charge is -2.34. The normalized spacial score (nSPS) is 16.2. The number of fused-ring (bicyclic) bond motifs is 2. The summed E-state index contributed by atoms with van der Waals surface area (Å²) >= 11 is 7.88. The minimum absolute atomic E-state index is 0.00895. The summed E-state index contributed by atoms with van der Waals surface area (Å²) in [4.78, 5) is 21.3. The van der Waals surface area contributed by atoms with Crippen LogP contribution >= 0.6 is 22.9 Å². The number of hydrogen-bond donors (Lipinski definition) is 0. The molecular weight excluding hydrogens is 410 g/mol. The van der Waals surface area contributed by atoms with Crippen LogP contribution in [-0.2, 0) is 4.79 Å². The molecule has 8 heteroatoms. The van der Waals surface area contributed by atoms with Crippen molar-refractivity contribution in [2.75, 3.05) is 37.9 Å². The highest BCUT2D eigenvalue weighted by atomic mass is 35.5. The zero-order chi connectivity index (χ0) is 19.8. The second-order valence-electron chi connectivity index (χ2n) is 6.84. The number of halogens is 1. The number of aromatic nitrogens is 1. The van der Waals surface area contributed by atoms with Crippen LogP contribution in [0.4, 0.5) is 5.13 Å². The molecule has 0 N–H and O–H groups in total. The fourth-order valence-corrected chi connectivity index (χ4v) is 4.76. The monoisotopic (exact) mass is 427 g/mol. The SMILES string of the molecule is O=C(/C=C\c1ccc2c(c1)OCO2)N1CCN(c2nc3c(Cl)cccc3s2)CC1. The first-order chi connectivity index (χ1) is 14.2. The molecule has 5 rings (SSSR count). The summed E-state index contributed by atoms with van der Waals surface area (Å²) in [6.45, 7) is 3.07. The lowest BCUT2D eigenvalue weighted by atomic mass is 10.2. The molecule has 3 aromatic rings. The number of rotatable bonds is 3. The van der Waals surface area contributed by atoms with Gasteiger partial charge in [0.2, 0.25) is 12.7 Å². The molecule has 1 amide bonds. The van der Waals surface area contributed by atoms with Crippen molar-refractivity contribution < 1.29 is 14.3 Å². The van der Waals surface area contributed by atoms with E-state index in [0.717, 1.165) is 39.8 Å². The first-order valence-electron chi connectivity index (χ1n) is 9.34. The van der Waals surface area contributed by atoms with Gasteiger partial charge in [0.1, 0.15) is 5.52 Å². The molecule has 148 valence electrons. The van der Waals surface area contributed by atoms with Crippen LogP contribution < -0.4 is 14.4 Å². The number of hydrogen-bond acceptors (Lipinski definition) is 6. The van der Waals surface area contributed by atoms with Gasteiger partial charge in [-0.2, -0.15) is 0 Å². The Bertz CT molecular complexity index is 1110. The minimum atomic E-state index is 0.00895. The van der Waals surface area contributed by atoms with E-state index in [-0.39, 0.29) is 12.7 Å². The average Bonchev–Trinajstić information content (AvgIpc) is 3.39. The number of thiazole rings is 1. The van der Waals surface area contributed by atoms with Crippen molar-refractivity contribution >= 4 is 50.3 Å². The Labute approximate surface area is 176 Å². The molecule has 0 bridgehead atoms. The Morgan fingerprint density at radius 2 is 1.93 bits per heavy atom. The number of carbonyl (C=O) groups excluding carboxylic acids is 1. The van der Waals surface area contributed by atoms with Gasteiger partial charge in [-0.3, -0.25) is 4.79 Å². The molecule has 3 heterocycles. The summed E-state index contributed by atoms with van der Waals surface area (Å²) in [5, 5.41) is 1.63. The third-order valence-electron chi connectivity index (χ3n) is 5.04. The van der Waals surface area contributed by atoms with Gasteiger partial charge in [-0.25, -0.2) is 4.98 Å². The molecule has 0 atom stereocenters. The standard InChI is InChI=1S/C21H18ClN3O3S/c22-15-2-1-3-18-20(15)23-21(29-18)25-10-8-24(9-11-25)19(26)7-5-14-4-6-16-17(12-14)28-13-27-16/h1-7,12H,8-11,13H2/b7-5-. The van der Waals surface area contributed by atoms with Crippen LogP contribution in [-0.4, -0.2) is 48.8 Å². The average molecular weight is 428 g/mol. The van der Waals surface area contributed by atoms with E-state index in [0.29, 0.717) is 23.9 Å². The quantitative estimate of drug-likeness (QED) is 0.590. The molecule has 0 unspecified atom stereocenters. The van der Waals surface area contributed by atoms with Gasteiger partial charge in [-0.1, -0.05) is 35.1 Å². The van der Waals surface area contributed by atoms with Crippen LogP contribution in [0.5, 0.6) is 11.5 Å². The van der Waals surface area contributed by atoms with Crippen LogP contribution in [0.2, 0.25) is 5.02 Å². The third-order valence-corrected chi connectivity index (χ3v) is 6.42. The number of carbonyl (C=O) groups is 1. The van der Waals surface area contributed by atoms with E-state index in [2.05, 4.69) is 9.88 Å². The van der Waals surface area contributed by atoms with Crippen LogP contribution in [0, 0.1) is 0 Å². The van der Waals surface area contributed by atoms with Gasteiger partial charge in [0.05, 0.1) is 9.72 Å². The summed E-state index contributed by atoms with van der Waals surface area (Å²) in [6, 6.07) is 11.5. The summed E-state index contributed by atoms with van der Waals surface area (Å²) in [5.74, 6) is 1.46. The summed E-state index contributed by atoms with van der Waals surface area (Å²) in [7, 11) is 0. The van der Waals surface area contributed by atoms with E-state index < -0.39 is 0 Å². The molecular formula is C21H18ClN3O3S. The smallest absolute Gasteiger partial charge is 0.246 e.